The Kier molecular flexibility index (Phi) is 8.60. The Balaban J connectivity index is 2.65. The molecule has 0 radical (unpaired) electrons. The normalized spacial score (nSPS) is 11.7. The molecule has 1 aromatic rings. The van der Waals surface area contributed by atoms with Crippen LogP contribution >= 0.6 is 7.44 Å². The maximum atomic E-state index is 12.8. The lowest BCUT2D eigenvalue weighted by Crippen LogP contribution is -2.26. The van der Waals surface area contributed by atoms with Crippen molar-refractivity contribution in [2.75, 3.05) is 64.3 Å². The van der Waals surface area contributed by atoms with Crippen LogP contribution in [0.15, 0.2) is 18.2 Å². The van der Waals surface area contributed by atoms with Gasteiger partial charge in [-0.15, -0.1) is 0 Å². The molecule has 0 aliphatic carbocycles. The van der Waals surface area contributed by atoms with Crippen LogP contribution in [0, 0.1) is 6.92 Å². The van der Waals surface area contributed by atoms with E-state index >= 15 is 0 Å². The third kappa shape index (κ3) is 5.73. The van der Waals surface area contributed by atoms with Gasteiger partial charge in [0.05, 0.1) is 6.16 Å². The van der Waals surface area contributed by atoms with Gasteiger partial charge >= 0.3 is 6.09 Å². The lowest BCUT2D eigenvalue weighted by Gasteiger charge is -2.30. The lowest BCUT2D eigenvalue weighted by atomic mass is 10.1. The summed E-state index contributed by atoms with van der Waals surface area (Å²) in [6.45, 7) is 8.14. The highest BCUT2D eigenvalue weighted by Gasteiger charge is 2.28. The summed E-state index contributed by atoms with van der Waals surface area (Å²) in [5.74, 6) is 0. The van der Waals surface area contributed by atoms with E-state index in [-0.39, 0.29) is 12.8 Å². The summed E-state index contributed by atoms with van der Waals surface area (Å²) in [7, 11) is 4.38. The second-order valence-corrected chi connectivity index (χ2v) is 9.89. The van der Waals surface area contributed by atoms with Crippen molar-refractivity contribution in [1.82, 2.24) is 9.34 Å². The SMILES string of the molecule is CCN(CC)c1ccc(NC(=O)OCCP(=O)(N(C)C)N(C)C)c(C)c1. The molecule has 148 valence electrons. The molecule has 26 heavy (non-hydrogen) atoms. The molecule has 8 heteroatoms. The Morgan fingerprint density at radius 3 is 2.15 bits per heavy atom. The molecule has 1 N–H and O–H groups in total. The molecule has 0 atom stereocenters. The summed E-state index contributed by atoms with van der Waals surface area (Å²) in [5.41, 5.74) is 2.82. The zero-order chi connectivity index (χ0) is 19.9. The molecular weight excluding hydrogens is 351 g/mol. The zero-order valence-corrected chi connectivity index (χ0v) is 18.0. The molecule has 0 aromatic heterocycles. The van der Waals surface area contributed by atoms with Gasteiger partial charge in [0.2, 0.25) is 7.44 Å². The number of benzene rings is 1. The number of nitrogens with zero attached hydrogens (tertiary/aromatic N) is 3. The number of nitrogens with one attached hydrogen (secondary N) is 1. The highest BCUT2D eigenvalue weighted by Crippen LogP contribution is 2.48. The summed E-state index contributed by atoms with van der Waals surface area (Å²) < 4.78 is 21.4. The van der Waals surface area contributed by atoms with Crippen LogP contribution in [0.2, 0.25) is 0 Å². The van der Waals surface area contributed by atoms with Gasteiger partial charge in [0, 0.05) is 24.5 Å². The number of aryl methyl sites for hydroxylation is 1. The van der Waals surface area contributed by atoms with Gasteiger partial charge in [0.15, 0.2) is 0 Å². The summed E-state index contributed by atoms with van der Waals surface area (Å²) in [6.07, 6.45) is -0.256. The predicted octanol–water partition coefficient (Wildman–Crippen LogP) is 3.71. The minimum absolute atomic E-state index is 0.0933. The Labute approximate surface area is 157 Å². The first kappa shape index (κ1) is 22.5. The number of anilines is 2. The molecule has 0 aliphatic heterocycles. The molecule has 0 saturated carbocycles. The van der Waals surface area contributed by atoms with Crippen molar-refractivity contribution in [3.05, 3.63) is 23.8 Å². The van der Waals surface area contributed by atoms with Crippen molar-refractivity contribution in [1.29, 1.82) is 0 Å². The first-order valence-corrected chi connectivity index (χ1v) is 10.7. The van der Waals surface area contributed by atoms with Gasteiger partial charge in [0.25, 0.3) is 0 Å². The third-order valence-corrected chi connectivity index (χ3v) is 7.71. The first-order valence-electron chi connectivity index (χ1n) is 8.89. The predicted molar refractivity (Wildman–Crippen MR) is 110 cm³/mol. The Hall–Kier alpha value is -1.56. The third-order valence-electron chi connectivity index (χ3n) is 4.44. The highest BCUT2D eigenvalue weighted by molar-refractivity contribution is 7.59. The fourth-order valence-corrected chi connectivity index (χ4v) is 4.58. The topological polar surface area (TPSA) is 65.1 Å². The number of amides is 1. The van der Waals surface area contributed by atoms with E-state index in [1.165, 1.54) is 0 Å². The molecule has 1 aromatic carbocycles. The minimum atomic E-state index is -2.68. The van der Waals surface area contributed by atoms with E-state index in [1.807, 2.05) is 19.1 Å². The molecule has 7 nitrogen and oxygen atoms in total. The quantitative estimate of drug-likeness (QED) is 0.655. The molecule has 0 bridgehead atoms. The van der Waals surface area contributed by atoms with Crippen molar-refractivity contribution >= 4 is 24.9 Å². The van der Waals surface area contributed by atoms with Crippen LogP contribution in [0.3, 0.4) is 0 Å². The maximum absolute atomic E-state index is 12.8. The van der Waals surface area contributed by atoms with Crippen molar-refractivity contribution in [3.8, 4) is 0 Å². The molecule has 0 unspecified atom stereocenters. The smallest absolute Gasteiger partial charge is 0.411 e. The van der Waals surface area contributed by atoms with Gasteiger partial charge in [0.1, 0.15) is 6.61 Å². The zero-order valence-electron chi connectivity index (χ0n) is 17.1. The van der Waals surface area contributed by atoms with E-state index < -0.39 is 13.5 Å². The van der Waals surface area contributed by atoms with Crippen LogP contribution in [-0.4, -0.2) is 69.5 Å². The molecule has 0 heterocycles. The van der Waals surface area contributed by atoms with E-state index in [9.17, 15) is 9.36 Å². The van der Waals surface area contributed by atoms with Gasteiger partial charge in [-0.3, -0.25) is 9.88 Å². The number of hydrogen-bond donors (Lipinski definition) is 1. The maximum Gasteiger partial charge on any atom is 0.411 e. The fraction of sp³-hybridized carbons (Fsp3) is 0.611. The molecule has 1 rings (SSSR count). The average molecular weight is 384 g/mol. The first-order chi connectivity index (χ1) is 12.2. The van der Waals surface area contributed by atoms with E-state index in [4.69, 9.17) is 4.74 Å². The Morgan fingerprint density at radius 2 is 1.69 bits per heavy atom. The monoisotopic (exact) mass is 384 g/mol. The number of hydrogen-bond acceptors (Lipinski definition) is 4. The second kappa shape index (κ2) is 9.95. The van der Waals surface area contributed by atoms with Gasteiger partial charge in [-0.2, -0.15) is 0 Å². The Morgan fingerprint density at radius 1 is 1.12 bits per heavy atom. The van der Waals surface area contributed by atoms with Crippen LogP contribution < -0.4 is 10.2 Å². The average Bonchev–Trinajstić information content (AvgIpc) is 2.57. The van der Waals surface area contributed by atoms with Crippen molar-refractivity contribution in [2.45, 2.75) is 20.8 Å². The van der Waals surface area contributed by atoms with E-state index in [0.29, 0.717) is 5.69 Å². The molecule has 1 amide bonds. The number of rotatable bonds is 9. The highest BCUT2D eigenvalue weighted by atomic mass is 31.2. The second-order valence-electron chi connectivity index (χ2n) is 6.52. The minimum Gasteiger partial charge on any atom is -0.449 e. The molecular formula is C18H33N4O3P. The fourth-order valence-electron chi connectivity index (χ4n) is 2.73. The van der Waals surface area contributed by atoms with Gasteiger partial charge in [-0.05, 0) is 72.7 Å². The van der Waals surface area contributed by atoms with E-state index in [1.54, 1.807) is 37.5 Å². The summed E-state index contributed by atoms with van der Waals surface area (Å²) in [6, 6.07) is 5.92. The van der Waals surface area contributed by atoms with Gasteiger partial charge < -0.3 is 9.64 Å². The molecule has 0 spiro atoms. The number of carbonyl (C=O) groups excluding carboxylic acids is 1. The number of carbonyl (C=O) groups is 1. The van der Waals surface area contributed by atoms with Crippen molar-refractivity contribution in [3.63, 3.8) is 0 Å². The molecule has 0 fully saturated rings. The summed E-state index contributed by atoms with van der Waals surface area (Å²) >= 11 is 0. The van der Waals surface area contributed by atoms with Crippen molar-refractivity contribution in [2.24, 2.45) is 0 Å². The van der Waals surface area contributed by atoms with Crippen LogP contribution in [-0.2, 0) is 9.30 Å². The Bertz CT molecular complexity index is 633. The van der Waals surface area contributed by atoms with Crippen LogP contribution in [0.4, 0.5) is 16.2 Å². The van der Waals surface area contributed by atoms with E-state index in [2.05, 4.69) is 30.1 Å². The van der Waals surface area contributed by atoms with Crippen LogP contribution in [0.5, 0.6) is 0 Å². The number of ether oxygens (including phenoxy) is 1. The largest absolute Gasteiger partial charge is 0.449 e. The molecule has 0 aliphatic rings. The summed E-state index contributed by atoms with van der Waals surface area (Å²) in [5, 5.41) is 2.76. The van der Waals surface area contributed by atoms with Gasteiger partial charge in [-0.25, -0.2) is 14.1 Å². The standard InChI is InChI=1S/C18H33N4O3P/c1-8-22(9-2)16-10-11-17(15(3)14-16)19-18(23)25-12-13-26(24,20(4)5)21(6)7/h10-11,14H,8-9,12-13H2,1-7H3,(H,19,23). The lowest BCUT2D eigenvalue weighted by molar-refractivity contribution is 0.167. The van der Waals surface area contributed by atoms with Crippen LogP contribution in [0.1, 0.15) is 19.4 Å². The van der Waals surface area contributed by atoms with Crippen LogP contribution in [0.25, 0.3) is 0 Å². The van der Waals surface area contributed by atoms with Gasteiger partial charge in [-0.1, -0.05) is 0 Å². The van der Waals surface area contributed by atoms with Crippen molar-refractivity contribution < 1.29 is 14.1 Å². The van der Waals surface area contributed by atoms with E-state index in [0.717, 1.165) is 24.3 Å². The molecule has 0 saturated heterocycles. The summed E-state index contributed by atoms with van der Waals surface area (Å²) in [4.78, 5) is 14.3.